The highest BCUT2D eigenvalue weighted by molar-refractivity contribution is 5.77. The predicted octanol–water partition coefficient (Wildman–Crippen LogP) is -0.0417. The van der Waals surface area contributed by atoms with Gasteiger partial charge in [0.2, 0.25) is 12.4 Å². The van der Waals surface area contributed by atoms with Crippen LogP contribution < -0.4 is 5.32 Å². The molecule has 1 rings (SSSR count). The van der Waals surface area contributed by atoms with E-state index in [4.69, 9.17) is 0 Å². The summed E-state index contributed by atoms with van der Waals surface area (Å²) in [5.41, 5.74) is 0.654. The number of hydrogen-bond acceptors (Lipinski definition) is 4. The lowest BCUT2D eigenvalue weighted by atomic mass is 10.5. The third kappa shape index (κ3) is 2.08. The zero-order valence-electron chi connectivity index (χ0n) is 6.44. The minimum atomic E-state index is 0.377. The Hall–Kier alpha value is -1.85. The standard InChI is InChI=1S/C6H8N4O2/c1-12-9-3-5-2-7-6(10-5)8-4-11/h2-4H,1H3,(H2,7,8,10,11). The van der Waals surface area contributed by atoms with Gasteiger partial charge in [-0.3, -0.25) is 10.1 Å². The summed E-state index contributed by atoms with van der Waals surface area (Å²) in [7, 11) is 1.44. The summed E-state index contributed by atoms with van der Waals surface area (Å²) in [6.07, 6.45) is 3.51. The molecule has 0 bridgehead atoms. The van der Waals surface area contributed by atoms with Gasteiger partial charge in [-0.05, 0) is 0 Å². The van der Waals surface area contributed by atoms with Crippen LogP contribution in [0.15, 0.2) is 11.4 Å². The summed E-state index contributed by atoms with van der Waals surface area (Å²) < 4.78 is 0. The van der Waals surface area contributed by atoms with Crippen molar-refractivity contribution in [2.75, 3.05) is 12.4 Å². The Morgan fingerprint density at radius 3 is 3.33 bits per heavy atom. The van der Waals surface area contributed by atoms with Crippen molar-refractivity contribution >= 4 is 18.6 Å². The van der Waals surface area contributed by atoms with Crippen LogP contribution in [0.3, 0.4) is 0 Å². The third-order valence-corrected chi connectivity index (χ3v) is 1.09. The molecule has 6 nitrogen and oxygen atoms in total. The van der Waals surface area contributed by atoms with E-state index in [1.165, 1.54) is 19.5 Å². The van der Waals surface area contributed by atoms with Crippen LogP contribution in [0.1, 0.15) is 5.69 Å². The Bertz CT molecular complexity index is 281. The van der Waals surface area contributed by atoms with Crippen LogP contribution in [0.5, 0.6) is 0 Å². The highest BCUT2D eigenvalue weighted by Crippen LogP contribution is 1.97. The fourth-order valence-corrected chi connectivity index (χ4v) is 0.640. The molecule has 0 aliphatic rings. The molecule has 1 heterocycles. The molecule has 0 fully saturated rings. The molecule has 0 radical (unpaired) electrons. The number of oxime groups is 1. The minimum absolute atomic E-state index is 0.377. The van der Waals surface area contributed by atoms with Crippen LogP contribution in [0, 0.1) is 0 Å². The van der Waals surface area contributed by atoms with Gasteiger partial charge in [0.05, 0.1) is 18.1 Å². The second kappa shape index (κ2) is 4.12. The highest BCUT2D eigenvalue weighted by Gasteiger charge is 1.95. The maximum absolute atomic E-state index is 9.97. The quantitative estimate of drug-likeness (QED) is 0.376. The monoisotopic (exact) mass is 168 g/mol. The smallest absolute Gasteiger partial charge is 0.213 e. The summed E-state index contributed by atoms with van der Waals surface area (Å²) in [6.45, 7) is 0. The number of nitrogens with zero attached hydrogens (tertiary/aromatic N) is 2. The molecule has 0 unspecified atom stereocenters. The Labute approximate surface area is 68.6 Å². The molecule has 0 aliphatic carbocycles. The normalized spacial score (nSPS) is 10.1. The van der Waals surface area contributed by atoms with Gasteiger partial charge in [-0.1, -0.05) is 5.16 Å². The van der Waals surface area contributed by atoms with Crippen LogP contribution >= 0.6 is 0 Å². The maximum atomic E-state index is 9.97. The number of H-pyrrole nitrogens is 1. The SMILES string of the molecule is CON=Cc1cnc(NC=O)[nH]1. The van der Waals surface area contributed by atoms with Crippen molar-refractivity contribution in [3.63, 3.8) is 0 Å². The molecule has 0 spiro atoms. The second-order valence-corrected chi connectivity index (χ2v) is 1.87. The average molecular weight is 168 g/mol. The summed E-state index contributed by atoms with van der Waals surface area (Å²) in [5, 5.41) is 5.86. The lowest BCUT2D eigenvalue weighted by Gasteiger charge is -1.87. The molecular weight excluding hydrogens is 160 g/mol. The molecule has 0 saturated heterocycles. The van der Waals surface area contributed by atoms with Crippen molar-refractivity contribution in [1.82, 2.24) is 9.97 Å². The highest BCUT2D eigenvalue weighted by atomic mass is 16.6. The van der Waals surface area contributed by atoms with Crippen LogP contribution in [0.4, 0.5) is 5.95 Å². The topological polar surface area (TPSA) is 79.4 Å². The lowest BCUT2D eigenvalue weighted by molar-refractivity contribution is -0.105. The molecule has 1 amide bonds. The fourth-order valence-electron chi connectivity index (χ4n) is 0.640. The van der Waals surface area contributed by atoms with E-state index < -0.39 is 0 Å². The Morgan fingerprint density at radius 1 is 1.83 bits per heavy atom. The third-order valence-electron chi connectivity index (χ3n) is 1.09. The molecule has 12 heavy (non-hydrogen) atoms. The van der Waals surface area contributed by atoms with Crippen molar-refractivity contribution in [3.05, 3.63) is 11.9 Å². The Balaban J connectivity index is 2.63. The van der Waals surface area contributed by atoms with Gasteiger partial charge < -0.3 is 9.82 Å². The number of amides is 1. The van der Waals surface area contributed by atoms with Gasteiger partial charge >= 0.3 is 0 Å². The predicted molar refractivity (Wildman–Crippen MR) is 42.9 cm³/mol. The van der Waals surface area contributed by atoms with E-state index in [0.717, 1.165) is 0 Å². The van der Waals surface area contributed by atoms with E-state index in [1.54, 1.807) is 0 Å². The van der Waals surface area contributed by atoms with E-state index in [1.807, 2.05) is 0 Å². The number of carbonyl (C=O) groups excluding carboxylic acids is 1. The Kier molecular flexibility index (Phi) is 2.83. The summed E-state index contributed by atoms with van der Waals surface area (Å²) in [4.78, 5) is 21.0. The van der Waals surface area contributed by atoms with Crippen molar-refractivity contribution in [1.29, 1.82) is 0 Å². The van der Waals surface area contributed by atoms with Gasteiger partial charge in [-0.15, -0.1) is 0 Å². The zero-order chi connectivity index (χ0) is 8.81. The second-order valence-electron chi connectivity index (χ2n) is 1.87. The lowest BCUT2D eigenvalue weighted by Crippen LogP contribution is -1.95. The number of aromatic nitrogens is 2. The molecule has 0 aromatic carbocycles. The Morgan fingerprint density at radius 2 is 2.67 bits per heavy atom. The largest absolute Gasteiger partial charge is 0.399 e. The van der Waals surface area contributed by atoms with E-state index >= 15 is 0 Å². The maximum Gasteiger partial charge on any atom is 0.213 e. The van der Waals surface area contributed by atoms with Crippen LogP contribution in [-0.4, -0.2) is 29.7 Å². The molecule has 0 aliphatic heterocycles. The van der Waals surface area contributed by atoms with E-state index in [9.17, 15) is 4.79 Å². The summed E-state index contributed by atoms with van der Waals surface area (Å²) in [5.74, 6) is 0.377. The first-order chi connectivity index (χ1) is 5.86. The number of imidazole rings is 1. The molecule has 1 aromatic rings. The number of aromatic amines is 1. The first-order valence-corrected chi connectivity index (χ1v) is 3.18. The molecule has 2 N–H and O–H groups in total. The molecule has 64 valence electrons. The van der Waals surface area contributed by atoms with Gasteiger partial charge in [0.15, 0.2) is 0 Å². The van der Waals surface area contributed by atoms with Gasteiger partial charge in [-0.25, -0.2) is 4.98 Å². The average Bonchev–Trinajstić information content (AvgIpc) is 2.50. The van der Waals surface area contributed by atoms with Gasteiger partial charge in [0, 0.05) is 0 Å². The van der Waals surface area contributed by atoms with Crippen LogP contribution in [0.2, 0.25) is 0 Å². The van der Waals surface area contributed by atoms with Crippen molar-refractivity contribution < 1.29 is 9.63 Å². The number of rotatable bonds is 4. The van der Waals surface area contributed by atoms with E-state index in [0.29, 0.717) is 18.1 Å². The molecule has 6 heteroatoms. The van der Waals surface area contributed by atoms with E-state index in [-0.39, 0.29) is 0 Å². The zero-order valence-corrected chi connectivity index (χ0v) is 6.44. The summed E-state index contributed by atoms with van der Waals surface area (Å²) >= 11 is 0. The molecule has 1 aromatic heterocycles. The fraction of sp³-hybridized carbons (Fsp3) is 0.167. The first-order valence-electron chi connectivity index (χ1n) is 3.18. The van der Waals surface area contributed by atoms with Crippen molar-refractivity contribution in [2.24, 2.45) is 5.16 Å². The number of hydrogen-bond donors (Lipinski definition) is 2. The minimum Gasteiger partial charge on any atom is -0.399 e. The van der Waals surface area contributed by atoms with Crippen molar-refractivity contribution in [3.8, 4) is 0 Å². The van der Waals surface area contributed by atoms with Gasteiger partial charge in [0.25, 0.3) is 0 Å². The van der Waals surface area contributed by atoms with Gasteiger partial charge in [-0.2, -0.15) is 0 Å². The van der Waals surface area contributed by atoms with Crippen LogP contribution in [-0.2, 0) is 9.63 Å². The molecule has 0 atom stereocenters. The van der Waals surface area contributed by atoms with E-state index in [2.05, 4.69) is 25.3 Å². The molecule has 0 saturated carbocycles. The number of carbonyl (C=O) groups is 1. The number of anilines is 1. The summed E-state index contributed by atoms with van der Waals surface area (Å²) in [6, 6.07) is 0. The first kappa shape index (κ1) is 8.25. The molecular formula is C6H8N4O2. The number of nitrogens with one attached hydrogen (secondary N) is 2. The van der Waals surface area contributed by atoms with Crippen molar-refractivity contribution in [2.45, 2.75) is 0 Å². The van der Waals surface area contributed by atoms with Crippen LogP contribution in [0.25, 0.3) is 0 Å². The van der Waals surface area contributed by atoms with Gasteiger partial charge in [0.1, 0.15) is 7.11 Å².